The topological polar surface area (TPSA) is 89.6 Å². The first kappa shape index (κ1) is 10.9. The van der Waals surface area contributed by atoms with Crippen LogP contribution in [0.25, 0.3) is 0 Å². The Kier molecular flexibility index (Phi) is 3.17. The average Bonchev–Trinajstić information content (AvgIpc) is 2.17. The van der Waals surface area contributed by atoms with Gasteiger partial charge in [-0.1, -0.05) is 0 Å². The summed E-state index contributed by atoms with van der Waals surface area (Å²) in [4.78, 5) is -0.520. The number of hydrogen-bond donors (Lipinski definition) is 2. The SMILES string of the molecule is CC(O)=CC(O)=C1C=CC(=[N+]([O-])[O-])C=C1. The second kappa shape index (κ2) is 4.36. The molecule has 1 aliphatic rings. The van der Waals surface area contributed by atoms with E-state index in [1.165, 1.54) is 37.3 Å². The minimum atomic E-state index is -0.520. The lowest BCUT2D eigenvalue weighted by Crippen LogP contribution is -2.06. The van der Waals surface area contributed by atoms with Crippen LogP contribution in [0.15, 0.2) is 47.5 Å². The van der Waals surface area contributed by atoms with Crippen LogP contribution in [0, 0.1) is 10.4 Å². The molecular weight excluding hydrogens is 198 g/mol. The molecule has 0 fully saturated rings. The number of aliphatic hydroxyl groups is 2. The summed E-state index contributed by atoms with van der Waals surface area (Å²) in [5, 5.41) is 39.0. The fourth-order valence-electron chi connectivity index (χ4n) is 1.04. The van der Waals surface area contributed by atoms with Crippen molar-refractivity contribution in [3.8, 4) is 0 Å². The van der Waals surface area contributed by atoms with Crippen LogP contribution in [0.2, 0.25) is 0 Å². The van der Waals surface area contributed by atoms with Crippen LogP contribution in [0.4, 0.5) is 0 Å². The number of aliphatic hydroxyl groups excluding tert-OH is 2. The van der Waals surface area contributed by atoms with Gasteiger partial charge in [0.2, 0.25) is 5.71 Å². The first-order valence-electron chi connectivity index (χ1n) is 4.18. The monoisotopic (exact) mass is 208 g/mol. The first-order chi connectivity index (χ1) is 7.00. The molecule has 0 radical (unpaired) electrons. The van der Waals surface area contributed by atoms with E-state index < -0.39 is 4.90 Å². The summed E-state index contributed by atoms with van der Waals surface area (Å²) in [7, 11) is 0. The van der Waals surface area contributed by atoms with Gasteiger partial charge in [-0.2, -0.15) is 4.90 Å². The van der Waals surface area contributed by atoms with Gasteiger partial charge in [-0.15, -0.1) is 0 Å². The van der Waals surface area contributed by atoms with Crippen molar-refractivity contribution in [3.63, 3.8) is 0 Å². The number of nitrogens with zero attached hydrogens (tertiary/aromatic N) is 1. The van der Waals surface area contributed by atoms with Gasteiger partial charge < -0.3 is 20.6 Å². The van der Waals surface area contributed by atoms with E-state index >= 15 is 0 Å². The summed E-state index contributed by atoms with van der Waals surface area (Å²) in [6.07, 6.45) is 6.55. The predicted octanol–water partition coefficient (Wildman–Crippen LogP) is 1.84. The average molecular weight is 208 g/mol. The molecule has 0 saturated heterocycles. The molecule has 1 aliphatic carbocycles. The zero-order valence-electron chi connectivity index (χ0n) is 8.04. The lowest BCUT2D eigenvalue weighted by molar-refractivity contribution is -0.377. The Hall–Kier alpha value is -2.17. The summed E-state index contributed by atoms with van der Waals surface area (Å²) in [5.74, 6) is -0.171. The van der Waals surface area contributed by atoms with Crippen LogP contribution in [-0.2, 0) is 0 Å². The quantitative estimate of drug-likeness (QED) is 0.391. The van der Waals surface area contributed by atoms with Crippen molar-refractivity contribution in [2.45, 2.75) is 6.92 Å². The van der Waals surface area contributed by atoms with E-state index in [1.54, 1.807) is 0 Å². The van der Waals surface area contributed by atoms with E-state index in [2.05, 4.69) is 0 Å². The van der Waals surface area contributed by atoms with E-state index in [1.807, 2.05) is 0 Å². The molecule has 0 atom stereocenters. The molecule has 0 bridgehead atoms. The Bertz CT molecular complexity index is 387. The number of allylic oxidation sites excluding steroid dienone is 7. The van der Waals surface area contributed by atoms with E-state index in [9.17, 15) is 15.5 Å². The van der Waals surface area contributed by atoms with Crippen molar-refractivity contribution >= 4 is 5.71 Å². The largest absolute Gasteiger partial charge is 0.612 e. The van der Waals surface area contributed by atoms with Crippen molar-refractivity contribution < 1.29 is 15.1 Å². The molecule has 0 aromatic heterocycles. The van der Waals surface area contributed by atoms with E-state index in [4.69, 9.17) is 5.11 Å². The van der Waals surface area contributed by atoms with Gasteiger partial charge in [0, 0.05) is 23.8 Å². The molecule has 0 aliphatic heterocycles. The summed E-state index contributed by atoms with van der Waals surface area (Å²) in [6, 6.07) is 0. The zero-order valence-corrected chi connectivity index (χ0v) is 8.04. The standard InChI is InChI=1S/C10H10NO4/c1-7(12)6-10(13)8-2-4-9(5-3-8)11(14)15/h2-6H,1H3,(H2-,12,13,14,15)/q-1. The Morgan fingerprint density at radius 1 is 1.20 bits per heavy atom. The van der Waals surface area contributed by atoms with E-state index in [-0.39, 0.29) is 17.2 Å². The van der Waals surface area contributed by atoms with Gasteiger partial charge in [-0.3, -0.25) is 0 Å². The molecule has 0 saturated carbocycles. The van der Waals surface area contributed by atoms with Gasteiger partial charge >= 0.3 is 0 Å². The molecule has 15 heavy (non-hydrogen) atoms. The third-order valence-electron chi connectivity index (χ3n) is 1.72. The Morgan fingerprint density at radius 2 is 1.73 bits per heavy atom. The molecule has 1 rings (SSSR count). The number of hydrogen-bond acceptors (Lipinski definition) is 4. The second-order valence-electron chi connectivity index (χ2n) is 2.97. The van der Waals surface area contributed by atoms with Gasteiger partial charge in [0.1, 0.15) is 5.76 Å². The molecule has 0 aromatic rings. The van der Waals surface area contributed by atoms with Crippen LogP contribution in [0.5, 0.6) is 0 Å². The lowest BCUT2D eigenvalue weighted by atomic mass is 10.1. The molecule has 0 unspecified atom stereocenters. The molecule has 5 heteroatoms. The fraction of sp³-hybridized carbons (Fsp3) is 0.100. The van der Waals surface area contributed by atoms with Crippen LogP contribution in [-0.4, -0.2) is 20.8 Å². The normalized spacial score (nSPS) is 15.7. The van der Waals surface area contributed by atoms with Gasteiger partial charge in [0.05, 0.1) is 5.76 Å². The highest BCUT2D eigenvalue weighted by Crippen LogP contribution is 2.12. The van der Waals surface area contributed by atoms with Crippen molar-refractivity contribution in [1.29, 1.82) is 0 Å². The van der Waals surface area contributed by atoms with Crippen LogP contribution in [0.3, 0.4) is 0 Å². The molecule has 80 valence electrons. The Morgan fingerprint density at radius 3 is 2.13 bits per heavy atom. The molecular formula is C10H10NO4-. The molecule has 5 nitrogen and oxygen atoms in total. The summed E-state index contributed by atoms with van der Waals surface area (Å²) in [6.45, 7) is 1.42. The van der Waals surface area contributed by atoms with E-state index in [0.717, 1.165) is 0 Å². The minimum absolute atomic E-state index is 0.0362. The molecule has 2 N–H and O–H groups in total. The van der Waals surface area contributed by atoms with Crippen LogP contribution >= 0.6 is 0 Å². The van der Waals surface area contributed by atoms with Crippen molar-refractivity contribution in [3.05, 3.63) is 57.9 Å². The lowest BCUT2D eigenvalue weighted by Gasteiger charge is -2.08. The van der Waals surface area contributed by atoms with Crippen LogP contribution in [0.1, 0.15) is 6.92 Å². The van der Waals surface area contributed by atoms with E-state index in [0.29, 0.717) is 5.57 Å². The van der Waals surface area contributed by atoms with Crippen molar-refractivity contribution in [1.82, 2.24) is 0 Å². The summed E-state index contributed by atoms with van der Waals surface area (Å²) < 4.78 is 0. The summed E-state index contributed by atoms with van der Waals surface area (Å²) in [5.41, 5.74) is 0.366. The second-order valence-corrected chi connectivity index (χ2v) is 2.97. The maximum absolute atomic E-state index is 10.3. The summed E-state index contributed by atoms with van der Waals surface area (Å²) >= 11 is 0. The first-order valence-corrected chi connectivity index (χ1v) is 4.18. The third kappa shape index (κ3) is 2.91. The highest BCUT2D eigenvalue weighted by Gasteiger charge is 2.05. The van der Waals surface area contributed by atoms with Crippen molar-refractivity contribution in [2.75, 3.05) is 0 Å². The predicted molar refractivity (Wildman–Crippen MR) is 56.3 cm³/mol. The molecule has 0 heterocycles. The number of rotatable bonds is 1. The molecule has 0 spiro atoms. The van der Waals surface area contributed by atoms with Gasteiger partial charge in [-0.25, -0.2) is 0 Å². The highest BCUT2D eigenvalue weighted by atomic mass is 16.8. The van der Waals surface area contributed by atoms with Crippen molar-refractivity contribution in [2.24, 2.45) is 0 Å². The molecule has 0 amide bonds. The maximum atomic E-state index is 10.3. The highest BCUT2D eigenvalue weighted by molar-refractivity contribution is 6.02. The van der Waals surface area contributed by atoms with Gasteiger partial charge in [-0.05, 0) is 19.1 Å². The fourth-order valence-corrected chi connectivity index (χ4v) is 1.04. The van der Waals surface area contributed by atoms with Crippen LogP contribution < -0.4 is 0 Å². The zero-order chi connectivity index (χ0) is 11.4. The smallest absolute Gasteiger partial charge is 0.222 e. The molecule has 0 aromatic carbocycles. The Labute approximate surface area is 86.4 Å². The Balaban J connectivity index is 2.99. The van der Waals surface area contributed by atoms with Gasteiger partial charge in [0.25, 0.3) is 0 Å². The maximum Gasteiger partial charge on any atom is 0.222 e. The third-order valence-corrected chi connectivity index (χ3v) is 1.72. The van der Waals surface area contributed by atoms with Gasteiger partial charge in [0.15, 0.2) is 0 Å². The minimum Gasteiger partial charge on any atom is -0.612 e.